The fourth-order valence-electron chi connectivity index (χ4n) is 3.08. The molecule has 0 bridgehead atoms. The third-order valence-corrected chi connectivity index (χ3v) is 5.68. The maximum Gasteiger partial charge on any atom is 0.231 e. The molecule has 3 aromatic rings. The molecule has 31 heavy (non-hydrogen) atoms. The fraction of sp³-hybridized carbons (Fsp3) is 0.0833. The van der Waals surface area contributed by atoms with Crippen LogP contribution in [-0.2, 0) is 0 Å². The van der Waals surface area contributed by atoms with E-state index >= 15 is 0 Å². The lowest BCUT2D eigenvalue weighted by Crippen LogP contribution is -2.11. The summed E-state index contributed by atoms with van der Waals surface area (Å²) in [6, 6.07) is 17.5. The van der Waals surface area contributed by atoms with Crippen molar-refractivity contribution in [3.63, 3.8) is 0 Å². The van der Waals surface area contributed by atoms with Gasteiger partial charge in [-0.15, -0.1) is 0 Å². The number of hydrogen-bond acceptors (Lipinski definition) is 5. The first-order valence-corrected chi connectivity index (χ1v) is 10.9. The monoisotopic (exact) mass is 542 g/mol. The zero-order valence-corrected chi connectivity index (χ0v) is 19.5. The van der Waals surface area contributed by atoms with Crippen LogP contribution in [0.3, 0.4) is 0 Å². The summed E-state index contributed by atoms with van der Waals surface area (Å²) >= 11 is 6.76. The number of fused-ring (bicyclic) bond motifs is 1. The first kappa shape index (κ1) is 21.3. The zero-order valence-electron chi connectivity index (χ0n) is 16.4. The van der Waals surface area contributed by atoms with E-state index in [9.17, 15) is 9.59 Å². The van der Waals surface area contributed by atoms with Crippen molar-refractivity contribution in [3.05, 3.63) is 92.1 Å². The van der Waals surface area contributed by atoms with E-state index < -0.39 is 0 Å². The van der Waals surface area contributed by atoms with E-state index in [1.807, 2.05) is 12.1 Å². The molecule has 0 saturated heterocycles. The van der Waals surface area contributed by atoms with Crippen molar-refractivity contribution < 1.29 is 23.8 Å². The smallest absolute Gasteiger partial charge is 0.231 e. The molecule has 1 aliphatic heterocycles. The summed E-state index contributed by atoms with van der Waals surface area (Å²) in [6.07, 6.45) is 1.64. The number of methoxy groups -OCH3 is 1. The zero-order chi connectivity index (χ0) is 22.0. The van der Waals surface area contributed by atoms with E-state index in [4.69, 9.17) is 14.2 Å². The molecule has 0 aliphatic carbocycles. The van der Waals surface area contributed by atoms with Gasteiger partial charge < -0.3 is 14.2 Å². The molecule has 0 aromatic heterocycles. The van der Waals surface area contributed by atoms with Crippen molar-refractivity contribution in [3.8, 4) is 17.2 Å². The largest absolute Gasteiger partial charge is 0.496 e. The molecule has 7 heteroatoms. The molecule has 0 N–H and O–H groups in total. The van der Waals surface area contributed by atoms with Crippen molar-refractivity contribution in [1.82, 2.24) is 0 Å². The summed E-state index contributed by atoms with van der Waals surface area (Å²) in [5, 5.41) is 0. The molecule has 5 nitrogen and oxygen atoms in total. The summed E-state index contributed by atoms with van der Waals surface area (Å²) in [5.41, 5.74) is 1.71. The highest BCUT2D eigenvalue weighted by atomic mass is 79.9. The standard InChI is InChI=1S/C24H16Br2O5/c1-29-21-9-6-17(26)10-15(21)11-23-24(28)19-8-7-18(12-22(19)31-23)30-13-20(27)14-2-4-16(25)5-3-14/h2-12H,13H2,1H3/b23-11-. The first-order valence-electron chi connectivity index (χ1n) is 9.28. The molecule has 1 aliphatic rings. The molecule has 0 fully saturated rings. The lowest BCUT2D eigenvalue weighted by molar-refractivity contribution is 0.0921. The van der Waals surface area contributed by atoms with Gasteiger partial charge in [0, 0.05) is 26.1 Å². The third kappa shape index (κ3) is 4.73. The second-order valence-electron chi connectivity index (χ2n) is 6.70. The number of benzene rings is 3. The van der Waals surface area contributed by atoms with Crippen LogP contribution in [0.5, 0.6) is 17.2 Å². The Labute approximate surface area is 195 Å². The average molecular weight is 544 g/mol. The predicted octanol–water partition coefficient (Wildman–Crippen LogP) is 6.10. The van der Waals surface area contributed by atoms with Crippen molar-refractivity contribution in [2.75, 3.05) is 13.7 Å². The molecule has 4 rings (SSSR count). The quantitative estimate of drug-likeness (QED) is 0.278. The number of allylic oxidation sites excluding steroid dienone is 1. The van der Waals surface area contributed by atoms with Gasteiger partial charge in [0.05, 0.1) is 12.7 Å². The molecule has 0 spiro atoms. The summed E-state index contributed by atoms with van der Waals surface area (Å²) in [7, 11) is 1.57. The van der Waals surface area contributed by atoms with Crippen LogP contribution in [0.25, 0.3) is 6.08 Å². The number of hydrogen-bond donors (Lipinski definition) is 0. The van der Waals surface area contributed by atoms with Crippen LogP contribution in [0.1, 0.15) is 26.3 Å². The van der Waals surface area contributed by atoms with Gasteiger partial charge in [-0.3, -0.25) is 9.59 Å². The minimum atomic E-state index is -0.227. The highest BCUT2D eigenvalue weighted by Gasteiger charge is 2.28. The summed E-state index contributed by atoms with van der Waals surface area (Å²) in [4.78, 5) is 25.0. The SMILES string of the molecule is COc1ccc(Br)cc1/C=C1\Oc2cc(OCC(=O)c3ccc(Br)cc3)ccc2C1=O. The van der Waals surface area contributed by atoms with Gasteiger partial charge in [0.25, 0.3) is 0 Å². The topological polar surface area (TPSA) is 61.8 Å². The molecule has 0 amide bonds. The normalized spacial score (nSPS) is 13.6. The van der Waals surface area contributed by atoms with Crippen LogP contribution < -0.4 is 14.2 Å². The van der Waals surface area contributed by atoms with Gasteiger partial charge in [0.15, 0.2) is 18.1 Å². The Kier molecular flexibility index (Phi) is 6.25. The lowest BCUT2D eigenvalue weighted by atomic mass is 10.1. The van der Waals surface area contributed by atoms with Crippen LogP contribution in [0, 0.1) is 0 Å². The van der Waals surface area contributed by atoms with Gasteiger partial charge in [-0.05, 0) is 48.5 Å². The van der Waals surface area contributed by atoms with Crippen molar-refractivity contribution in [2.45, 2.75) is 0 Å². The number of Topliss-reactive ketones (excluding diaryl/α,β-unsaturated/α-hetero) is 2. The van der Waals surface area contributed by atoms with Gasteiger partial charge in [-0.2, -0.15) is 0 Å². The van der Waals surface area contributed by atoms with Gasteiger partial charge in [-0.25, -0.2) is 0 Å². The van der Waals surface area contributed by atoms with E-state index in [-0.39, 0.29) is 23.9 Å². The van der Waals surface area contributed by atoms with Crippen LogP contribution in [-0.4, -0.2) is 25.3 Å². The fourth-order valence-corrected chi connectivity index (χ4v) is 3.73. The highest BCUT2D eigenvalue weighted by Crippen LogP contribution is 2.36. The van der Waals surface area contributed by atoms with Crippen molar-refractivity contribution in [1.29, 1.82) is 0 Å². The highest BCUT2D eigenvalue weighted by molar-refractivity contribution is 9.10. The molecule has 0 radical (unpaired) electrons. The number of ketones is 2. The minimum absolute atomic E-state index is 0.119. The molecule has 0 unspecified atom stereocenters. The minimum Gasteiger partial charge on any atom is -0.496 e. The number of rotatable bonds is 6. The number of halogens is 2. The maximum atomic E-state index is 12.7. The summed E-state index contributed by atoms with van der Waals surface area (Å²) < 4.78 is 18.5. The second kappa shape index (κ2) is 9.08. The average Bonchev–Trinajstić information content (AvgIpc) is 3.07. The maximum absolute atomic E-state index is 12.7. The number of ether oxygens (including phenoxy) is 3. The Morgan fingerprint density at radius 1 is 1.00 bits per heavy atom. The lowest BCUT2D eigenvalue weighted by Gasteiger charge is -2.07. The van der Waals surface area contributed by atoms with Crippen molar-refractivity contribution in [2.24, 2.45) is 0 Å². The van der Waals surface area contributed by atoms with Crippen LogP contribution in [0.4, 0.5) is 0 Å². The van der Waals surface area contributed by atoms with E-state index in [1.165, 1.54) is 0 Å². The first-order chi connectivity index (χ1) is 14.9. The van der Waals surface area contributed by atoms with Gasteiger partial charge in [0.2, 0.25) is 5.78 Å². The second-order valence-corrected chi connectivity index (χ2v) is 8.53. The van der Waals surface area contributed by atoms with Crippen LogP contribution in [0.15, 0.2) is 75.4 Å². The van der Waals surface area contributed by atoms with E-state index in [1.54, 1.807) is 61.7 Å². The van der Waals surface area contributed by atoms with E-state index in [2.05, 4.69) is 31.9 Å². The molecular formula is C24H16Br2O5. The van der Waals surface area contributed by atoms with E-state index in [0.29, 0.717) is 33.9 Å². The number of carbonyl (C=O) groups is 2. The summed E-state index contributed by atoms with van der Waals surface area (Å²) in [5.74, 6) is 1.27. The number of carbonyl (C=O) groups excluding carboxylic acids is 2. The molecule has 3 aromatic carbocycles. The Morgan fingerprint density at radius 3 is 2.48 bits per heavy atom. The van der Waals surface area contributed by atoms with E-state index in [0.717, 1.165) is 8.95 Å². The molecule has 156 valence electrons. The third-order valence-electron chi connectivity index (χ3n) is 4.66. The van der Waals surface area contributed by atoms with Crippen LogP contribution in [0.2, 0.25) is 0 Å². The Hall–Kier alpha value is -2.90. The Bertz CT molecular complexity index is 1200. The summed E-state index contributed by atoms with van der Waals surface area (Å²) in [6.45, 7) is -0.119. The Morgan fingerprint density at radius 2 is 1.74 bits per heavy atom. The van der Waals surface area contributed by atoms with Gasteiger partial charge in [-0.1, -0.05) is 44.0 Å². The van der Waals surface area contributed by atoms with Gasteiger partial charge >= 0.3 is 0 Å². The molecule has 1 heterocycles. The molecular weight excluding hydrogens is 528 g/mol. The van der Waals surface area contributed by atoms with Crippen LogP contribution >= 0.6 is 31.9 Å². The van der Waals surface area contributed by atoms with Gasteiger partial charge in [0.1, 0.15) is 17.2 Å². The molecule has 0 saturated carbocycles. The predicted molar refractivity (Wildman–Crippen MR) is 124 cm³/mol. The molecule has 0 atom stereocenters. The van der Waals surface area contributed by atoms with Crippen molar-refractivity contribution >= 4 is 49.5 Å². The Balaban J connectivity index is 1.50.